The summed E-state index contributed by atoms with van der Waals surface area (Å²) in [7, 11) is 2.63. The van der Waals surface area contributed by atoms with Crippen molar-refractivity contribution in [3.63, 3.8) is 0 Å². The van der Waals surface area contributed by atoms with Crippen molar-refractivity contribution in [2.24, 2.45) is 0 Å². The summed E-state index contributed by atoms with van der Waals surface area (Å²) in [6.07, 6.45) is 0.432. The van der Waals surface area contributed by atoms with Gasteiger partial charge in [0.05, 0.1) is 5.56 Å². The molecule has 2 aromatic rings. The fraction of sp³-hybridized carbons (Fsp3) is 0.300. The quantitative estimate of drug-likeness (QED) is 0.398. The molecule has 0 saturated carbocycles. The zero-order chi connectivity index (χ0) is 20.4. The highest BCUT2D eigenvalue weighted by Gasteiger charge is 2.37. The average molecular weight is 382 g/mol. The molecule has 4 N–H and O–H groups in total. The Balaban J connectivity index is 1.75. The summed E-state index contributed by atoms with van der Waals surface area (Å²) in [6.45, 7) is 0.679. The van der Waals surface area contributed by atoms with Crippen molar-refractivity contribution in [3.05, 3.63) is 58.7 Å². The Hall–Kier alpha value is -2.84. The maximum absolute atomic E-state index is 12.7. The van der Waals surface area contributed by atoms with Gasteiger partial charge < -0.3 is 25.4 Å². The van der Waals surface area contributed by atoms with Crippen LogP contribution >= 0.6 is 0 Å². The second-order valence-corrected chi connectivity index (χ2v) is 7.35. The Labute approximate surface area is 163 Å². The summed E-state index contributed by atoms with van der Waals surface area (Å²) in [4.78, 5) is 26.0. The lowest BCUT2D eigenvalue weighted by Gasteiger charge is -2.28. The molecule has 0 aliphatic carbocycles. The molecule has 0 saturated heterocycles. The molecule has 7 nitrogen and oxygen atoms in total. The first kappa shape index (κ1) is 19.9. The van der Waals surface area contributed by atoms with E-state index in [0.717, 1.165) is 5.56 Å². The smallest absolute Gasteiger partial charge is 0.526 e. The molecule has 0 fully saturated rings. The zero-order valence-corrected chi connectivity index (χ0v) is 15.9. The van der Waals surface area contributed by atoms with E-state index in [9.17, 15) is 19.7 Å². The summed E-state index contributed by atoms with van der Waals surface area (Å²) in [5, 5.41) is 19.6. The number of nitrogen functional groups attached to an aromatic ring is 1. The van der Waals surface area contributed by atoms with E-state index >= 15 is 0 Å². The number of ketones is 1. The first-order valence-corrected chi connectivity index (χ1v) is 9.02. The molecule has 0 amide bonds. The highest BCUT2D eigenvalue weighted by molar-refractivity contribution is 6.47. The minimum absolute atomic E-state index is 0.00517. The number of para-hydroxylation sites is 1. The van der Waals surface area contributed by atoms with Crippen LogP contribution in [0.3, 0.4) is 0 Å². The van der Waals surface area contributed by atoms with E-state index in [0.29, 0.717) is 29.8 Å². The Bertz CT molecular complexity index is 915. The second-order valence-electron chi connectivity index (χ2n) is 7.35. The van der Waals surface area contributed by atoms with Crippen LogP contribution in [0.5, 0.6) is 5.75 Å². The van der Waals surface area contributed by atoms with Gasteiger partial charge in [0.15, 0.2) is 5.78 Å². The summed E-state index contributed by atoms with van der Waals surface area (Å²) in [6, 6.07) is 10.0. The van der Waals surface area contributed by atoms with Gasteiger partial charge in [-0.1, -0.05) is 24.3 Å². The van der Waals surface area contributed by atoms with Crippen LogP contribution in [0.25, 0.3) is 0 Å². The van der Waals surface area contributed by atoms with Crippen molar-refractivity contribution in [3.8, 4) is 5.75 Å². The summed E-state index contributed by atoms with van der Waals surface area (Å²) in [5.74, 6) is -1.56. The minimum Gasteiger partial charge on any atom is -0.535 e. The number of benzene rings is 2. The first-order valence-electron chi connectivity index (χ1n) is 9.02. The number of Topliss-reactive ketones (excluding diaryl/α,β-unsaturated/α-hetero) is 1. The van der Waals surface area contributed by atoms with Crippen LogP contribution in [0.15, 0.2) is 36.4 Å². The molecular weight excluding hydrogens is 359 g/mol. The molecule has 1 aliphatic rings. The Morgan fingerprint density at radius 1 is 1.29 bits per heavy atom. The van der Waals surface area contributed by atoms with Crippen LogP contribution in [-0.4, -0.2) is 48.0 Å². The highest BCUT2D eigenvalue weighted by atomic mass is 16.5. The van der Waals surface area contributed by atoms with Gasteiger partial charge in [-0.2, -0.15) is 0 Å². The number of hydrogen-bond donors (Lipinski definition) is 3. The van der Waals surface area contributed by atoms with E-state index in [1.807, 2.05) is 25.1 Å². The van der Waals surface area contributed by atoms with E-state index in [-0.39, 0.29) is 23.5 Å². The van der Waals surface area contributed by atoms with Gasteiger partial charge in [0.2, 0.25) is 0 Å². The van der Waals surface area contributed by atoms with Crippen LogP contribution in [0.2, 0.25) is 5.82 Å². The lowest BCUT2D eigenvalue weighted by Crippen LogP contribution is -2.35. The van der Waals surface area contributed by atoms with Gasteiger partial charge in [-0.25, -0.2) is 4.79 Å². The number of carbonyl (C=O) groups excluding carboxylic acids is 1. The molecular formula is C20H23BN2O5. The molecule has 8 heteroatoms. The van der Waals surface area contributed by atoms with E-state index < -0.39 is 18.9 Å². The predicted octanol–water partition coefficient (Wildman–Crippen LogP) is 2.09. The molecule has 0 aromatic heterocycles. The number of hydrogen-bond acceptors (Lipinski definition) is 6. The normalized spacial score (nSPS) is 15.9. The predicted molar refractivity (Wildman–Crippen MR) is 107 cm³/mol. The van der Waals surface area contributed by atoms with Gasteiger partial charge in [0.1, 0.15) is 5.75 Å². The summed E-state index contributed by atoms with van der Waals surface area (Å²) in [5.41, 5.74) is 8.72. The van der Waals surface area contributed by atoms with Crippen LogP contribution in [-0.2, 0) is 13.0 Å². The van der Waals surface area contributed by atoms with Crippen molar-refractivity contribution in [2.45, 2.75) is 25.2 Å². The largest absolute Gasteiger partial charge is 0.535 e. The second kappa shape index (κ2) is 8.04. The van der Waals surface area contributed by atoms with Crippen molar-refractivity contribution in [2.75, 3.05) is 19.8 Å². The Morgan fingerprint density at radius 2 is 2.04 bits per heavy atom. The molecule has 1 aliphatic heterocycles. The molecule has 146 valence electrons. The van der Waals surface area contributed by atoms with E-state index in [2.05, 4.69) is 0 Å². The zero-order valence-electron chi connectivity index (χ0n) is 15.9. The fourth-order valence-electron chi connectivity index (χ4n) is 3.44. The van der Waals surface area contributed by atoms with Gasteiger partial charge in [-0.05, 0) is 43.8 Å². The lowest BCUT2D eigenvalue weighted by molar-refractivity contribution is 0.0693. The topological polar surface area (TPSA) is 113 Å². The van der Waals surface area contributed by atoms with Gasteiger partial charge >= 0.3 is 13.1 Å². The van der Waals surface area contributed by atoms with Crippen molar-refractivity contribution < 1.29 is 24.4 Å². The van der Waals surface area contributed by atoms with Crippen LogP contribution in [0, 0.1) is 0 Å². The number of nitrogens with two attached hydrogens (primary N) is 1. The first-order chi connectivity index (χ1) is 13.3. The number of rotatable bonds is 6. The molecule has 0 spiro atoms. The van der Waals surface area contributed by atoms with Gasteiger partial charge in [0, 0.05) is 30.0 Å². The van der Waals surface area contributed by atoms with Crippen LogP contribution < -0.4 is 10.4 Å². The number of carboxylic acid groups (broad SMARTS) is 1. The molecule has 0 unspecified atom stereocenters. The molecule has 1 atom stereocenters. The van der Waals surface area contributed by atoms with Gasteiger partial charge in [-0.15, -0.1) is 0 Å². The van der Waals surface area contributed by atoms with Crippen molar-refractivity contribution in [1.29, 1.82) is 0 Å². The molecule has 2 aromatic carbocycles. The minimum atomic E-state index is -1.25. The molecule has 1 heterocycles. The van der Waals surface area contributed by atoms with Crippen LogP contribution in [0.1, 0.15) is 38.3 Å². The third-order valence-electron chi connectivity index (χ3n) is 4.85. The molecule has 28 heavy (non-hydrogen) atoms. The van der Waals surface area contributed by atoms with Gasteiger partial charge in [-0.3, -0.25) is 4.79 Å². The Morgan fingerprint density at radius 3 is 2.68 bits per heavy atom. The monoisotopic (exact) mass is 382 g/mol. The standard InChI is InChI=1S/C20H23BN2O5/c1-23(2)11-14-7-6-12(9-17(14)22)18(24)10-15-8-13-4-3-5-16(20(25)26)19(13)28-21(15)27/h3-7,9,15,27H,8,10-11,22H2,1-2H3,(H,25,26)/t15-/m1/s1. The number of fused-ring (bicyclic) bond motifs is 1. The Kier molecular flexibility index (Phi) is 5.72. The van der Waals surface area contributed by atoms with Crippen LogP contribution in [0.4, 0.5) is 5.69 Å². The summed E-state index contributed by atoms with van der Waals surface area (Å²) < 4.78 is 5.45. The van der Waals surface area contributed by atoms with E-state index in [1.165, 1.54) is 6.07 Å². The molecule has 3 rings (SSSR count). The van der Waals surface area contributed by atoms with Gasteiger partial charge in [0.25, 0.3) is 0 Å². The maximum Gasteiger partial charge on any atom is 0.526 e. The van der Waals surface area contributed by atoms with Crippen molar-refractivity contribution in [1.82, 2.24) is 4.90 Å². The number of anilines is 1. The van der Waals surface area contributed by atoms with Crippen molar-refractivity contribution >= 4 is 24.6 Å². The molecule has 0 radical (unpaired) electrons. The average Bonchev–Trinajstić information content (AvgIpc) is 2.63. The lowest BCUT2D eigenvalue weighted by atomic mass is 9.64. The third kappa shape index (κ3) is 4.18. The number of aromatic carboxylic acids is 1. The number of nitrogens with zero attached hydrogens (tertiary/aromatic N) is 1. The highest BCUT2D eigenvalue weighted by Crippen LogP contribution is 2.36. The fourth-order valence-corrected chi connectivity index (χ4v) is 3.44. The van der Waals surface area contributed by atoms with E-state index in [1.54, 1.807) is 24.3 Å². The molecule has 0 bridgehead atoms. The number of carboxylic acids is 1. The maximum atomic E-state index is 12.7. The number of carbonyl (C=O) groups is 2. The summed E-state index contributed by atoms with van der Waals surface area (Å²) >= 11 is 0. The SMILES string of the molecule is CN(C)Cc1ccc(C(=O)C[C@H]2Cc3cccc(C(=O)O)c3OB2O)cc1N. The third-order valence-corrected chi connectivity index (χ3v) is 4.85. The van der Waals surface area contributed by atoms with E-state index in [4.69, 9.17) is 10.4 Å².